The molecule has 2 aromatic rings. The first-order valence-electron chi connectivity index (χ1n) is 6.96. The van der Waals surface area contributed by atoms with Crippen molar-refractivity contribution in [1.82, 2.24) is 19.9 Å². The molecule has 0 unspecified atom stereocenters. The number of carbonyl (C=O) groups is 2. The Labute approximate surface area is 122 Å². The third-order valence-electron chi connectivity index (χ3n) is 3.16. The third-order valence-corrected chi connectivity index (χ3v) is 3.16. The summed E-state index contributed by atoms with van der Waals surface area (Å²) in [4.78, 5) is 22.3. The minimum absolute atomic E-state index is 0.129. The SMILES string of the molecule is O=C(O)CCCCCCNC(=O)c1ccc2nncn2c1. The summed E-state index contributed by atoms with van der Waals surface area (Å²) in [7, 11) is 0. The van der Waals surface area contributed by atoms with E-state index >= 15 is 0 Å². The zero-order valence-electron chi connectivity index (χ0n) is 11.7. The Morgan fingerprint density at radius 2 is 2.00 bits per heavy atom. The van der Waals surface area contributed by atoms with Gasteiger partial charge in [-0.15, -0.1) is 10.2 Å². The average molecular weight is 290 g/mol. The fourth-order valence-corrected chi connectivity index (χ4v) is 2.02. The van der Waals surface area contributed by atoms with Crippen molar-refractivity contribution < 1.29 is 14.7 Å². The molecule has 7 nitrogen and oxygen atoms in total. The van der Waals surface area contributed by atoms with E-state index in [1.807, 2.05) is 0 Å². The van der Waals surface area contributed by atoms with Crippen LogP contribution in [-0.4, -0.2) is 38.1 Å². The first-order chi connectivity index (χ1) is 10.2. The molecule has 2 N–H and O–H groups in total. The number of nitrogens with zero attached hydrogens (tertiary/aromatic N) is 3. The van der Waals surface area contributed by atoms with Crippen LogP contribution in [0.25, 0.3) is 5.65 Å². The number of aliphatic carboxylic acids is 1. The van der Waals surface area contributed by atoms with Crippen molar-refractivity contribution in [2.75, 3.05) is 6.54 Å². The number of hydrogen-bond donors (Lipinski definition) is 2. The van der Waals surface area contributed by atoms with Crippen LogP contribution in [0.5, 0.6) is 0 Å². The largest absolute Gasteiger partial charge is 0.481 e. The molecule has 1 amide bonds. The van der Waals surface area contributed by atoms with Gasteiger partial charge in [-0.1, -0.05) is 12.8 Å². The fraction of sp³-hybridized carbons (Fsp3) is 0.429. The highest BCUT2D eigenvalue weighted by Gasteiger charge is 2.06. The van der Waals surface area contributed by atoms with Crippen LogP contribution in [0.2, 0.25) is 0 Å². The van der Waals surface area contributed by atoms with Crippen molar-refractivity contribution in [3.63, 3.8) is 0 Å². The van der Waals surface area contributed by atoms with E-state index in [1.165, 1.54) is 0 Å². The number of carboxylic acid groups (broad SMARTS) is 1. The van der Waals surface area contributed by atoms with Crippen LogP contribution in [0.3, 0.4) is 0 Å². The van der Waals surface area contributed by atoms with Gasteiger partial charge in [0, 0.05) is 19.2 Å². The second kappa shape index (κ2) is 7.37. The molecule has 0 bridgehead atoms. The lowest BCUT2D eigenvalue weighted by atomic mass is 10.1. The molecule has 0 atom stereocenters. The average Bonchev–Trinajstić information content (AvgIpc) is 2.93. The molecule has 0 saturated carbocycles. The van der Waals surface area contributed by atoms with Gasteiger partial charge in [0.25, 0.3) is 5.91 Å². The van der Waals surface area contributed by atoms with Crippen LogP contribution >= 0.6 is 0 Å². The number of pyridine rings is 1. The van der Waals surface area contributed by atoms with Gasteiger partial charge in [0.15, 0.2) is 5.65 Å². The van der Waals surface area contributed by atoms with Gasteiger partial charge in [0.05, 0.1) is 5.56 Å². The third kappa shape index (κ3) is 4.55. The molecule has 0 aliphatic rings. The number of carbonyl (C=O) groups excluding carboxylic acids is 1. The minimum atomic E-state index is -0.757. The zero-order chi connectivity index (χ0) is 15.1. The Bertz CT molecular complexity index is 623. The lowest BCUT2D eigenvalue weighted by Crippen LogP contribution is -2.24. The van der Waals surface area contributed by atoms with Gasteiger partial charge in [-0.2, -0.15) is 0 Å². The summed E-state index contributed by atoms with van der Waals surface area (Å²) in [5.74, 6) is -0.885. The van der Waals surface area contributed by atoms with E-state index in [9.17, 15) is 9.59 Å². The van der Waals surface area contributed by atoms with Gasteiger partial charge in [-0.05, 0) is 25.0 Å². The summed E-state index contributed by atoms with van der Waals surface area (Å²) in [5.41, 5.74) is 1.26. The van der Waals surface area contributed by atoms with Crippen LogP contribution in [0.4, 0.5) is 0 Å². The molecular weight excluding hydrogens is 272 g/mol. The van der Waals surface area contributed by atoms with E-state index in [0.717, 1.165) is 19.3 Å². The van der Waals surface area contributed by atoms with Gasteiger partial charge in [-0.25, -0.2) is 0 Å². The highest BCUT2D eigenvalue weighted by Crippen LogP contribution is 2.05. The van der Waals surface area contributed by atoms with E-state index in [2.05, 4.69) is 15.5 Å². The second-order valence-corrected chi connectivity index (χ2v) is 4.83. The van der Waals surface area contributed by atoms with Gasteiger partial charge in [-0.3, -0.25) is 14.0 Å². The van der Waals surface area contributed by atoms with Crippen molar-refractivity contribution in [2.24, 2.45) is 0 Å². The van der Waals surface area contributed by atoms with E-state index in [-0.39, 0.29) is 12.3 Å². The quantitative estimate of drug-likeness (QED) is 0.718. The van der Waals surface area contributed by atoms with E-state index in [0.29, 0.717) is 24.2 Å². The van der Waals surface area contributed by atoms with Crippen molar-refractivity contribution in [3.8, 4) is 0 Å². The topological polar surface area (TPSA) is 96.6 Å². The second-order valence-electron chi connectivity index (χ2n) is 4.83. The molecule has 21 heavy (non-hydrogen) atoms. The number of fused-ring (bicyclic) bond motifs is 1. The fourth-order valence-electron chi connectivity index (χ4n) is 2.02. The molecule has 0 aliphatic heterocycles. The van der Waals surface area contributed by atoms with Crippen LogP contribution in [-0.2, 0) is 4.79 Å². The van der Waals surface area contributed by atoms with Crippen LogP contribution in [0.1, 0.15) is 42.5 Å². The van der Waals surface area contributed by atoms with Crippen LogP contribution in [0.15, 0.2) is 24.7 Å². The maximum Gasteiger partial charge on any atom is 0.303 e. The molecule has 0 spiro atoms. The summed E-state index contributed by atoms with van der Waals surface area (Å²) >= 11 is 0. The molecule has 0 aromatic carbocycles. The van der Waals surface area contributed by atoms with Crippen molar-refractivity contribution >= 4 is 17.5 Å². The molecule has 112 valence electrons. The molecule has 2 rings (SSSR count). The lowest BCUT2D eigenvalue weighted by Gasteiger charge is -2.05. The maximum atomic E-state index is 11.9. The molecule has 0 saturated heterocycles. The Kier molecular flexibility index (Phi) is 5.25. The minimum Gasteiger partial charge on any atom is -0.481 e. The summed E-state index contributed by atoms with van der Waals surface area (Å²) in [6.07, 6.45) is 6.78. The van der Waals surface area contributed by atoms with Gasteiger partial charge in [0.1, 0.15) is 6.33 Å². The van der Waals surface area contributed by atoms with Gasteiger partial charge < -0.3 is 10.4 Å². The Morgan fingerprint density at radius 1 is 1.19 bits per heavy atom. The molecule has 2 aromatic heterocycles. The number of rotatable bonds is 8. The van der Waals surface area contributed by atoms with Crippen molar-refractivity contribution in [2.45, 2.75) is 32.1 Å². The number of hydrogen-bond acceptors (Lipinski definition) is 4. The predicted octanol–water partition coefficient (Wildman–Crippen LogP) is 1.49. The van der Waals surface area contributed by atoms with Crippen molar-refractivity contribution in [1.29, 1.82) is 0 Å². The summed E-state index contributed by atoms with van der Waals surface area (Å²) < 4.78 is 1.70. The van der Waals surface area contributed by atoms with E-state index in [4.69, 9.17) is 5.11 Å². The van der Waals surface area contributed by atoms with Crippen LogP contribution in [0, 0.1) is 0 Å². The molecule has 0 aliphatic carbocycles. The maximum absolute atomic E-state index is 11.9. The van der Waals surface area contributed by atoms with Gasteiger partial charge in [0.2, 0.25) is 0 Å². The van der Waals surface area contributed by atoms with Gasteiger partial charge >= 0.3 is 5.97 Å². The Morgan fingerprint density at radius 3 is 2.81 bits per heavy atom. The number of carboxylic acids is 1. The molecule has 2 heterocycles. The Hall–Kier alpha value is -2.44. The summed E-state index contributed by atoms with van der Waals surface area (Å²) in [6, 6.07) is 3.46. The predicted molar refractivity (Wildman–Crippen MR) is 76.0 cm³/mol. The summed E-state index contributed by atoms with van der Waals surface area (Å²) in [5, 5.41) is 19.0. The molecular formula is C14H18N4O3. The normalized spacial score (nSPS) is 10.7. The monoisotopic (exact) mass is 290 g/mol. The smallest absolute Gasteiger partial charge is 0.303 e. The standard InChI is InChI=1S/C14H18N4O3/c19-13(20)5-3-1-2-4-8-15-14(21)11-6-7-12-17-16-10-18(12)9-11/h6-7,9-10H,1-5,8H2,(H,15,21)(H,19,20). The van der Waals surface area contributed by atoms with Crippen LogP contribution < -0.4 is 5.32 Å². The number of unbranched alkanes of at least 4 members (excludes halogenated alkanes) is 3. The number of aromatic nitrogens is 3. The number of nitrogens with one attached hydrogen (secondary N) is 1. The molecule has 7 heteroatoms. The van der Waals surface area contributed by atoms with E-state index < -0.39 is 5.97 Å². The lowest BCUT2D eigenvalue weighted by molar-refractivity contribution is -0.137. The highest BCUT2D eigenvalue weighted by atomic mass is 16.4. The molecule has 0 fully saturated rings. The first-order valence-corrected chi connectivity index (χ1v) is 6.96. The molecule has 0 radical (unpaired) electrons. The number of amides is 1. The summed E-state index contributed by atoms with van der Waals surface area (Å²) in [6.45, 7) is 0.589. The first kappa shape index (κ1) is 15.0. The van der Waals surface area contributed by atoms with Crippen molar-refractivity contribution in [3.05, 3.63) is 30.2 Å². The Balaban J connectivity index is 1.68. The van der Waals surface area contributed by atoms with E-state index in [1.54, 1.807) is 29.1 Å². The highest BCUT2D eigenvalue weighted by molar-refractivity contribution is 5.94. The zero-order valence-corrected chi connectivity index (χ0v) is 11.7.